The lowest BCUT2D eigenvalue weighted by atomic mass is 9.96. The van der Waals surface area contributed by atoms with Crippen LogP contribution in [0.1, 0.15) is 38.1 Å². The lowest BCUT2D eigenvalue weighted by Crippen LogP contribution is -2.41. The first-order chi connectivity index (χ1) is 18.2. The van der Waals surface area contributed by atoms with Gasteiger partial charge in [-0.05, 0) is 44.4 Å². The van der Waals surface area contributed by atoms with Crippen LogP contribution in [0.2, 0.25) is 0 Å². The van der Waals surface area contributed by atoms with Crippen molar-refractivity contribution in [3.8, 4) is 0 Å². The molecule has 2 aromatic heterocycles. The topological polar surface area (TPSA) is 130 Å². The fourth-order valence-electron chi connectivity index (χ4n) is 5.63. The number of amides is 3. The molecule has 1 aromatic carbocycles. The van der Waals surface area contributed by atoms with Gasteiger partial charge in [0.25, 0.3) is 5.56 Å². The second-order valence-electron chi connectivity index (χ2n) is 10.1. The van der Waals surface area contributed by atoms with Gasteiger partial charge in [0.05, 0.1) is 16.7 Å². The molecule has 1 saturated heterocycles. The Morgan fingerprint density at radius 3 is 2.71 bits per heavy atom. The SMILES string of the molecule is CC(=O)N[C@@H]1CCN(C(=O)Cn2c(CCn3ccccc3=O)nc3c4c(ccc32)N(C(=O)O)[C@@H](C)CC4)C1. The van der Waals surface area contributed by atoms with Crippen molar-refractivity contribution in [2.24, 2.45) is 0 Å². The predicted octanol–water partition coefficient (Wildman–Crippen LogP) is 2.00. The molecule has 11 nitrogen and oxygen atoms in total. The Morgan fingerprint density at radius 1 is 1.16 bits per heavy atom. The number of anilines is 1. The summed E-state index contributed by atoms with van der Waals surface area (Å²) in [6.07, 6.45) is 3.21. The minimum Gasteiger partial charge on any atom is -0.465 e. The van der Waals surface area contributed by atoms with Crippen LogP contribution in [-0.4, -0.2) is 67.2 Å². The van der Waals surface area contributed by atoms with E-state index in [1.165, 1.54) is 17.9 Å². The number of fused-ring (bicyclic) bond motifs is 3. The molecule has 3 amide bonds. The first-order valence-electron chi connectivity index (χ1n) is 13.0. The summed E-state index contributed by atoms with van der Waals surface area (Å²) in [4.78, 5) is 57.1. The number of nitrogens with one attached hydrogen (secondary N) is 1. The summed E-state index contributed by atoms with van der Waals surface area (Å²) in [6, 6.07) is 8.43. The second-order valence-corrected chi connectivity index (χ2v) is 10.1. The van der Waals surface area contributed by atoms with Gasteiger partial charge in [-0.25, -0.2) is 9.78 Å². The Morgan fingerprint density at radius 2 is 1.97 bits per heavy atom. The summed E-state index contributed by atoms with van der Waals surface area (Å²) in [6.45, 7) is 4.85. The highest BCUT2D eigenvalue weighted by molar-refractivity contribution is 5.95. The largest absolute Gasteiger partial charge is 0.465 e. The maximum atomic E-state index is 13.4. The number of likely N-dealkylation sites (tertiary alicyclic amines) is 1. The van der Waals surface area contributed by atoms with Crippen LogP contribution in [0, 0.1) is 0 Å². The molecule has 38 heavy (non-hydrogen) atoms. The lowest BCUT2D eigenvalue weighted by Gasteiger charge is -2.33. The smallest absolute Gasteiger partial charge is 0.412 e. The predicted molar refractivity (Wildman–Crippen MR) is 141 cm³/mol. The average molecular weight is 521 g/mol. The summed E-state index contributed by atoms with van der Waals surface area (Å²) in [5.74, 6) is 0.474. The van der Waals surface area contributed by atoms with Crippen molar-refractivity contribution in [3.05, 3.63) is 58.3 Å². The molecule has 0 radical (unpaired) electrons. The van der Waals surface area contributed by atoms with E-state index in [0.29, 0.717) is 62.3 Å². The number of rotatable bonds is 6. The monoisotopic (exact) mass is 520 g/mol. The summed E-state index contributed by atoms with van der Waals surface area (Å²) in [7, 11) is 0. The quantitative estimate of drug-likeness (QED) is 0.511. The Hall–Kier alpha value is -4.15. The van der Waals surface area contributed by atoms with Crippen molar-refractivity contribution in [2.45, 2.75) is 64.7 Å². The molecule has 2 aliphatic rings. The number of imidazole rings is 1. The van der Waals surface area contributed by atoms with Crippen LogP contribution >= 0.6 is 0 Å². The van der Waals surface area contributed by atoms with E-state index in [1.54, 1.807) is 33.9 Å². The Labute approximate surface area is 219 Å². The molecule has 0 unspecified atom stereocenters. The van der Waals surface area contributed by atoms with Crippen molar-refractivity contribution in [2.75, 3.05) is 18.0 Å². The van der Waals surface area contributed by atoms with Crippen molar-refractivity contribution in [3.63, 3.8) is 0 Å². The maximum Gasteiger partial charge on any atom is 0.412 e. The molecular weight excluding hydrogens is 488 g/mol. The van der Waals surface area contributed by atoms with E-state index in [1.807, 2.05) is 17.6 Å². The lowest BCUT2D eigenvalue weighted by molar-refractivity contribution is -0.131. The van der Waals surface area contributed by atoms with E-state index in [4.69, 9.17) is 4.98 Å². The van der Waals surface area contributed by atoms with Crippen LogP contribution in [-0.2, 0) is 35.5 Å². The number of pyridine rings is 1. The minimum absolute atomic E-state index is 0.0589. The summed E-state index contributed by atoms with van der Waals surface area (Å²) in [5, 5.41) is 12.7. The first-order valence-corrected chi connectivity index (χ1v) is 13.0. The maximum absolute atomic E-state index is 13.4. The number of hydrogen-bond donors (Lipinski definition) is 2. The Balaban J connectivity index is 1.50. The van der Waals surface area contributed by atoms with Crippen LogP contribution in [0.3, 0.4) is 0 Å². The van der Waals surface area contributed by atoms with Crippen molar-refractivity contribution in [1.29, 1.82) is 0 Å². The van der Waals surface area contributed by atoms with Gasteiger partial charge in [0.15, 0.2) is 0 Å². The number of nitrogens with zero attached hydrogens (tertiary/aromatic N) is 5. The van der Waals surface area contributed by atoms with Crippen LogP contribution in [0.5, 0.6) is 0 Å². The van der Waals surface area contributed by atoms with Gasteiger partial charge in [0.2, 0.25) is 11.8 Å². The number of carboxylic acid groups (broad SMARTS) is 1. The van der Waals surface area contributed by atoms with Crippen molar-refractivity contribution < 1.29 is 19.5 Å². The van der Waals surface area contributed by atoms with Gasteiger partial charge in [-0.1, -0.05) is 6.07 Å². The molecule has 2 atom stereocenters. The first kappa shape index (κ1) is 25.5. The highest BCUT2D eigenvalue weighted by Gasteiger charge is 2.32. The molecular formula is C27H32N6O5. The van der Waals surface area contributed by atoms with E-state index >= 15 is 0 Å². The van der Waals surface area contributed by atoms with Crippen LogP contribution in [0.4, 0.5) is 10.5 Å². The molecule has 0 bridgehead atoms. The molecule has 4 heterocycles. The van der Waals surface area contributed by atoms with Crippen LogP contribution in [0.15, 0.2) is 41.3 Å². The molecule has 0 spiro atoms. The van der Waals surface area contributed by atoms with Crippen LogP contribution in [0.25, 0.3) is 11.0 Å². The third-order valence-corrected chi connectivity index (χ3v) is 7.52. The van der Waals surface area contributed by atoms with E-state index < -0.39 is 6.09 Å². The molecule has 5 rings (SSSR count). The van der Waals surface area contributed by atoms with Gasteiger partial charge < -0.3 is 24.5 Å². The van der Waals surface area contributed by atoms with Gasteiger partial charge in [-0.3, -0.25) is 19.3 Å². The van der Waals surface area contributed by atoms with Gasteiger partial charge in [0, 0.05) is 62.9 Å². The highest BCUT2D eigenvalue weighted by atomic mass is 16.4. The van der Waals surface area contributed by atoms with Gasteiger partial charge in [-0.2, -0.15) is 0 Å². The van der Waals surface area contributed by atoms with Gasteiger partial charge in [0.1, 0.15) is 12.4 Å². The number of hydrogen-bond acceptors (Lipinski definition) is 5. The molecule has 0 aliphatic carbocycles. The fraction of sp³-hybridized carbons (Fsp3) is 0.444. The average Bonchev–Trinajstić information content (AvgIpc) is 3.47. The number of aryl methyl sites for hydroxylation is 3. The van der Waals surface area contributed by atoms with Gasteiger partial charge in [-0.15, -0.1) is 0 Å². The zero-order valence-corrected chi connectivity index (χ0v) is 21.6. The second kappa shape index (κ2) is 10.3. The third-order valence-electron chi connectivity index (χ3n) is 7.52. The fourth-order valence-corrected chi connectivity index (χ4v) is 5.63. The molecule has 2 N–H and O–H groups in total. The summed E-state index contributed by atoms with van der Waals surface area (Å²) < 4.78 is 3.49. The normalized spacial score (nSPS) is 19.0. The number of benzene rings is 1. The number of carbonyl (C=O) groups is 3. The van der Waals surface area contributed by atoms with E-state index in [9.17, 15) is 24.3 Å². The third kappa shape index (κ3) is 4.88. The molecule has 2 aliphatic heterocycles. The Bertz CT molecular complexity index is 1460. The number of carbonyl (C=O) groups excluding carboxylic acids is 2. The molecule has 0 saturated carbocycles. The Kier molecular flexibility index (Phi) is 6.92. The zero-order valence-electron chi connectivity index (χ0n) is 21.6. The van der Waals surface area contributed by atoms with E-state index in [-0.39, 0.29) is 36.0 Å². The molecule has 3 aromatic rings. The number of aromatic nitrogens is 3. The molecule has 11 heteroatoms. The van der Waals surface area contributed by atoms with Gasteiger partial charge >= 0.3 is 6.09 Å². The van der Waals surface area contributed by atoms with Crippen molar-refractivity contribution >= 4 is 34.6 Å². The molecule has 1 fully saturated rings. The van der Waals surface area contributed by atoms with Crippen molar-refractivity contribution in [1.82, 2.24) is 24.3 Å². The minimum atomic E-state index is -1.00. The standard InChI is InChI=1S/C27H32N6O5/c1-17-6-7-20-21(33(17)27(37)38)8-9-22-26(20)29-23(11-14-30-12-4-3-5-24(30)35)32(22)16-25(36)31-13-10-19(15-31)28-18(2)34/h3-5,8-9,12,17,19H,6-7,10-11,13-16H2,1-2H3,(H,28,34)(H,37,38)/t17-,19+/m0/s1. The molecule has 200 valence electrons. The van der Waals surface area contributed by atoms with E-state index in [0.717, 1.165) is 11.1 Å². The summed E-state index contributed by atoms with van der Waals surface area (Å²) >= 11 is 0. The summed E-state index contributed by atoms with van der Waals surface area (Å²) in [5.41, 5.74) is 2.84. The zero-order chi connectivity index (χ0) is 27.0. The highest BCUT2D eigenvalue weighted by Crippen LogP contribution is 2.36. The van der Waals surface area contributed by atoms with Crippen LogP contribution < -0.4 is 15.8 Å². The van der Waals surface area contributed by atoms with E-state index in [2.05, 4.69) is 5.32 Å².